The number of carbonyl (C=O) groups excluding carboxylic acids is 3. The maximum atomic E-state index is 13.4. The van der Waals surface area contributed by atoms with Crippen LogP contribution in [0.15, 0.2) is 91.0 Å². The lowest BCUT2D eigenvalue weighted by Gasteiger charge is -2.21. The number of rotatable bonds is 17. The number of nitrogens with one attached hydrogen (secondary N) is 1. The molecule has 0 radical (unpaired) electrons. The van der Waals surface area contributed by atoms with Crippen molar-refractivity contribution >= 4 is 29.9 Å². The Kier molecular flexibility index (Phi) is 16.9. The van der Waals surface area contributed by atoms with Gasteiger partial charge in [0.15, 0.2) is 0 Å². The van der Waals surface area contributed by atoms with Gasteiger partial charge in [-0.05, 0) is 109 Å². The first-order valence-electron chi connectivity index (χ1n) is 17.6. The Morgan fingerprint density at radius 2 is 1.38 bits per heavy atom. The van der Waals surface area contributed by atoms with Crippen molar-refractivity contribution in [1.29, 1.82) is 0 Å². The summed E-state index contributed by atoms with van der Waals surface area (Å²) in [7, 11) is 1.60. The fraction of sp³-hybridized carbons (Fsp3) is 0.333. The third kappa shape index (κ3) is 12.6. The molecule has 0 aliphatic rings. The van der Waals surface area contributed by atoms with E-state index in [1.807, 2.05) is 39.0 Å². The van der Waals surface area contributed by atoms with Crippen LogP contribution in [0, 0.1) is 0 Å². The fourth-order valence-corrected chi connectivity index (χ4v) is 5.39. The Hall–Kier alpha value is -5.64. The van der Waals surface area contributed by atoms with E-state index in [1.165, 1.54) is 19.3 Å². The van der Waals surface area contributed by atoms with E-state index < -0.39 is 5.97 Å². The van der Waals surface area contributed by atoms with E-state index in [2.05, 4.69) is 12.2 Å². The van der Waals surface area contributed by atoms with Crippen molar-refractivity contribution in [2.45, 2.75) is 72.3 Å². The molecule has 0 aliphatic heterocycles. The number of carboxylic acid groups (broad SMARTS) is 1. The van der Waals surface area contributed by atoms with Crippen LogP contribution in [0.5, 0.6) is 17.2 Å². The minimum Gasteiger partial charge on any atom is -0.497 e. The number of benzene rings is 4. The molecule has 10 heteroatoms. The maximum Gasteiger partial charge on any atom is 0.343 e. The topological polar surface area (TPSA) is 131 Å². The molecule has 0 spiro atoms. The van der Waals surface area contributed by atoms with Gasteiger partial charge in [0.05, 0.1) is 19.3 Å². The first kappa shape index (κ1) is 40.8. The molecule has 4 rings (SSSR count). The molecule has 4 aromatic rings. The Balaban J connectivity index is 0.00000235. The van der Waals surface area contributed by atoms with E-state index in [9.17, 15) is 14.4 Å². The lowest BCUT2D eigenvalue weighted by atomic mass is 9.96. The largest absolute Gasteiger partial charge is 0.497 e. The number of amides is 2. The Labute approximate surface area is 306 Å². The SMILES string of the molecule is CCCCCCCOc1ccc(C(=O)Oc2ccc(CN(CC)C(=O)c3ccc(NC(=O)c4ccc(OC)cc4C(C)C)cc3)cc2)cc1.O=CO. The van der Waals surface area contributed by atoms with Crippen LogP contribution >= 0.6 is 0 Å². The molecule has 0 unspecified atom stereocenters. The van der Waals surface area contributed by atoms with Crippen molar-refractivity contribution in [3.05, 3.63) is 119 Å². The van der Waals surface area contributed by atoms with Gasteiger partial charge in [-0.25, -0.2) is 4.79 Å². The van der Waals surface area contributed by atoms with Crippen LogP contribution in [0.4, 0.5) is 5.69 Å². The van der Waals surface area contributed by atoms with E-state index in [0.29, 0.717) is 53.6 Å². The van der Waals surface area contributed by atoms with Crippen LogP contribution < -0.4 is 19.5 Å². The van der Waals surface area contributed by atoms with E-state index in [1.54, 1.807) is 84.8 Å². The van der Waals surface area contributed by atoms with Crippen molar-refractivity contribution in [2.75, 3.05) is 25.6 Å². The van der Waals surface area contributed by atoms with Gasteiger partial charge in [-0.3, -0.25) is 14.4 Å². The molecule has 10 nitrogen and oxygen atoms in total. The van der Waals surface area contributed by atoms with Gasteiger partial charge < -0.3 is 29.5 Å². The molecule has 0 aliphatic carbocycles. The quantitative estimate of drug-likeness (QED) is 0.0481. The molecule has 276 valence electrons. The maximum absolute atomic E-state index is 13.4. The first-order chi connectivity index (χ1) is 25.1. The summed E-state index contributed by atoms with van der Waals surface area (Å²) in [5.74, 6) is 1.20. The van der Waals surface area contributed by atoms with Crippen LogP contribution in [-0.4, -0.2) is 54.5 Å². The molecule has 0 atom stereocenters. The minimum absolute atomic E-state index is 0.128. The van der Waals surface area contributed by atoms with Gasteiger partial charge in [-0.1, -0.05) is 58.6 Å². The summed E-state index contributed by atoms with van der Waals surface area (Å²) in [6.45, 7) is 9.49. The van der Waals surface area contributed by atoms with Crippen molar-refractivity contribution < 1.29 is 38.5 Å². The fourth-order valence-electron chi connectivity index (χ4n) is 5.39. The second kappa shape index (κ2) is 21.5. The molecular weight excluding hydrogens is 660 g/mol. The van der Waals surface area contributed by atoms with Crippen molar-refractivity contribution in [3.8, 4) is 17.2 Å². The van der Waals surface area contributed by atoms with Crippen LogP contribution in [0.3, 0.4) is 0 Å². The summed E-state index contributed by atoms with van der Waals surface area (Å²) >= 11 is 0. The highest BCUT2D eigenvalue weighted by molar-refractivity contribution is 6.06. The molecule has 2 amide bonds. The van der Waals surface area contributed by atoms with Crippen LogP contribution in [0.25, 0.3) is 0 Å². The monoisotopic (exact) mass is 710 g/mol. The average molecular weight is 711 g/mol. The van der Waals surface area contributed by atoms with Gasteiger partial charge in [-0.15, -0.1) is 0 Å². The molecular formula is C42H50N2O8. The Morgan fingerprint density at radius 3 is 1.98 bits per heavy atom. The Bertz CT molecular complexity index is 1720. The Morgan fingerprint density at radius 1 is 0.788 bits per heavy atom. The van der Waals surface area contributed by atoms with Crippen molar-refractivity contribution in [1.82, 2.24) is 4.90 Å². The predicted molar refractivity (Wildman–Crippen MR) is 203 cm³/mol. The zero-order valence-corrected chi connectivity index (χ0v) is 30.7. The summed E-state index contributed by atoms with van der Waals surface area (Å²) in [5.41, 5.74) is 3.92. The highest BCUT2D eigenvalue weighted by Gasteiger charge is 2.18. The minimum atomic E-state index is -0.451. The molecule has 0 saturated heterocycles. The van der Waals surface area contributed by atoms with Gasteiger partial charge in [-0.2, -0.15) is 0 Å². The van der Waals surface area contributed by atoms with Gasteiger partial charge in [0, 0.05) is 29.9 Å². The second-order valence-electron chi connectivity index (χ2n) is 12.4. The molecule has 52 heavy (non-hydrogen) atoms. The third-order valence-corrected chi connectivity index (χ3v) is 8.30. The highest BCUT2D eigenvalue weighted by Crippen LogP contribution is 2.26. The summed E-state index contributed by atoms with van der Waals surface area (Å²) < 4.78 is 16.7. The lowest BCUT2D eigenvalue weighted by molar-refractivity contribution is -0.122. The number of nitrogens with zero attached hydrogens (tertiary/aromatic N) is 1. The summed E-state index contributed by atoms with van der Waals surface area (Å²) in [5, 5.41) is 9.83. The number of carbonyl (C=O) groups is 4. The van der Waals surface area contributed by atoms with Crippen LogP contribution in [-0.2, 0) is 11.3 Å². The zero-order chi connectivity index (χ0) is 37.9. The zero-order valence-electron chi connectivity index (χ0n) is 30.7. The van der Waals surface area contributed by atoms with Gasteiger partial charge in [0.25, 0.3) is 18.3 Å². The molecule has 2 N–H and O–H groups in total. The van der Waals surface area contributed by atoms with Crippen LogP contribution in [0.1, 0.15) is 108 Å². The summed E-state index contributed by atoms with van der Waals surface area (Å²) in [6.07, 6.45) is 5.87. The van der Waals surface area contributed by atoms with Gasteiger partial charge in [0.1, 0.15) is 17.2 Å². The van der Waals surface area contributed by atoms with E-state index in [4.69, 9.17) is 24.1 Å². The summed E-state index contributed by atoms with van der Waals surface area (Å²) in [4.78, 5) is 49.3. The highest BCUT2D eigenvalue weighted by atomic mass is 16.5. The number of hydrogen-bond acceptors (Lipinski definition) is 7. The van der Waals surface area contributed by atoms with Crippen molar-refractivity contribution in [3.63, 3.8) is 0 Å². The van der Waals surface area contributed by atoms with Crippen molar-refractivity contribution in [2.24, 2.45) is 0 Å². The number of unbranched alkanes of at least 4 members (excludes halogenated alkanes) is 4. The van der Waals surface area contributed by atoms with E-state index >= 15 is 0 Å². The molecule has 0 heterocycles. The third-order valence-electron chi connectivity index (χ3n) is 8.30. The first-order valence-corrected chi connectivity index (χ1v) is 17.6. The smallest absolute Gasteiger partial charge is 0.343 e. The molecule has 0 saturated carbocycles. The number of anilines is 1. The lowest BCUT2D eigenvalue weighted by Crippen LogP contribution is -2.30. The standard InChI is InChI=1S/C41H48N2O6.CH2O2/c1-6-8-9-10-11-26-48-34-22-16-32(17-23-34)41(46)49-35-20-12-30(13-21-35)28-43(7-2)40(45)31-14-18-33(19-15-31)42-39(44)37-25-24-36(47-5)27-38(37)29(3)4;2-1-3/h12-25,27,29H,6-11,26,28H2,1-5H3,(H,42,44);1H,(H,2,3). The predicted octanol–water partition coefficient (Wildman–Crippen LogP) is 9.00. The number of hydrogen-bond donors (Lipinski definition) is 2. The molecule has 4 aromatic carbocycles. The van der Waals surface area contributed by atoms with Gasteiger partial charge >= 0.3 is 5.97 Å². The number of methoxy groups -OCH3 is 1. The van der Waals surface area contributed by atoms with E-state index in [-0.39, 0.29) is 24.2 Å². The molecule has 0 bridgehead atoms. The molecule has 0 fully saturated rings. The normalized spacial score (nSPS) is 10.4. The van der Waals surface area contributed by atoms with Crippen LogP contribution in [0.2, 0.25) is 0 Å². The summed E-state index contributed by atoms with van der Waals surface area (Å²) in [6, 6.07) is 26.5. The van der Waals surface area contributed by atoms with Gasteiger partial charge in [0.2, 0.25) is 0 Å². The van der Waals surface area contributed by atoms with E-state index in [0.717, 1.165) is 29.7 Å². The number of esters is 1. The number of ether oxygens (including phenoxy) is 3. The molecule has 0 aromatic heterocycles. The second-order valence-corrected chi connectivity index (χ2v) is 12.4. The average Bonchev–Trinajstić information content (AvgIpc) is 3.16.